The van der Waals surface area contributed by atoms with Crippen LogP contribution in [-0.2, 0) is 29.5 Å². The van der Waals surface area contributed by atoms with Gasteiger partial charge in [0.05, 0.1) is 6.26 Å². The van der Waals surface area contributed by atoms with E-state index in [1.165, 1.54) is 23.4 Å². The minimum absolute atomic E-state index is 0.388. The number of rotatable bonds is 4. The molecule has 100 valence electrons. The Morgan fingerprint density at radius 3 is 2.94 bits per heavy atom. The molecule has 18 heavy (non-hydrogen) atoms. The third-order valence-electron chi connectivity index (χ3n) is 3.48. The molecule has 1 aliphatic heterocycles. The van der Waals surface area contributed by atoms with Gasteiger partial charge in [0.1, 0.15) is 11.5 Å². The number of hydrogen-bond donors (Lipinski definition) is 1. The third kappa shape index (κ3) is 2.43. The average Bonchev–Trinajstić information content (AvgIpc) is 3.05. The van der Waals surface area contributed by atoms with Crippen LogP contribution in [0.3, 0.4) is 0 Å². The van der Waals surface area contributed by atoms with Crippen molar-refractivity contribution in [3.8, 4) is 0 Å². The molecule has 0 saturated heterocycles. The maximum Gasteiger partial charge on any atom is 0.211 e. The van der Waals surface area contributed by atoms with Crippen molar-refractivity contribution in [2.24, 2.45) is 0 Å². The SMILES string of the molecule is CS(=O)(=O)N1CCc2onc(CNC3CC3)c2C1. The van der Waals surface area contributed by atoms with E-state index in [1.54, 1.807) is 0 Å². The van der Waals surface area contributed by atoms with Crippen LogP contribution in [0.1, 0.15) is 29.9 Å². The predicted molar refractivity (Wildman–Crippen MR) is 65.3 cm³/mol. The van der Waals surface area contributed by atoms with Gasteiger partial charge in [-0.15, -0.1) is 0 Å². The summed E-state index contributed by atoms with van der Waals surface area (Å²) >= 11 is 0. The fourth-order valence-electron chi connectivity index (χ4n) is 2.19. The van der Waals surface area contributed by atoms with Crippen LogP contribution >= 0.6 is 0 Å². The Balaban J connectivity index is 1.77. The van der Waals surface area contributed by atoms with Crippen LogP contribution in [0.25, 0.3) is 0 Å². The summed E-state index contributed by atoms with van der Waals surface area (Å²) < 4.78 is 29.9. The Kier molecular flexibility index (Phi) is 2.91. The second-order valence-corrected chi connectivity index (χ2v) is 7.02. The van der Waals surface area contributed by atoms with Crippen LogP contribution in [-0.4, -0.2) is 36.7 Å². The lowest BCUT2D eigenvalue weighted by Gasteiger charge is -2.23. The fourth-order valence-corrected chi connectivity index (χ4v) is 2.98. The topological polar surface area (TPSA) is 75.4 Å². The summed E-state index contributed by atoms with van der Waals surface area (Å²) in [6.07, 6.45) is 4.29. The summed E-state index contributed by atoms with van der Waals surface area (Å²) in [6, 6.07) is 0.604. The quantitative estimate of drug-likeness (QED) is 0.849. The van der Waals surface area contributed by atoms with Gasteiger partial charge in [0.2, 0.25) is 10.0 Å². The van der Waals surface area contributed by atoms with Crippen molar-refractivity contribution < 1.29 is 12.9 Å². The first-order valence-electron chi connectivity index (χ1n) is 6.19. The molecule has 1 aliphatic carbocycles. The van der Waals surface area contributed by atoms with Crippen LogP contribution in [0, 0.1) is 0 Å². The number of hydrogen-bond acceptors (Lipinski definition) is 5. The highest BCUT2D eigenvalue weighted by molar-refractivity contribution is 7.88. The second-order valence-electron chi connectivity index (χ2n) is 5.03. The molecule has 1 aromatic heterocycles. The van der Waals surface area contributed by atoms with E-state index in [4.69, 9.17) is 4.52 Å². The van der Waals surface area contributed by atoms with Crippen molar-refractivity contribution in [3.05, 3.63) is 17.0 Å². The molecule has 1 aromatic rings. The molecule has 0 unspecified atom stereocenters. The Morgan fingerprint density at radius 2 is 2.28 bits per heavy atom. The molecule has 2 aliphatic rings. The molecule has 1 fully saturated rings. The minimum Gasteiger partial charge on any atom is -0.361 e. The highest BCUT2D eigenvalue weighted by Gasteiger charge is 2.29. The highest BCUT2D eigenvalue weighted by Crippen LogP contribution is 2.25. The summed E-state index contributed by atoms with van der Waals surface area (Å²) in [6.45, 7) is 1.54. The van der Waals surface area contributed by atoms with Crippen molar-refractivity contribution in [1.82, 2.24) is 14.8 Å². The lowest BCUT2D eigenvalue weighted by atomic mass is 10.1. The molecule has 2 heterocycles. The van der Waals surface area contributed by atoms with Gasteiger partial charge in [-0.05, 0) is 12.8 Å². The smallest absolute Gasteiger partial charge is 0.211 e. The lowest BCUT2D eigenvalue weighted by Crippen LogP contribution is -2.35. The average molecular weight is 271 g/mol. The molecule has 0 atom stereocenters. The summed E-state index contributed by atoms with van der Waals surface area (Å²) in [5.41, 5.74) is 1.80. The minimum atomic E-state index is -3.14. The van der Waals surface area contributed by atoms with Crippen LogP contribution < -0.4 is 5.32 Å². The summed E-state index contributed by atoms with van der Waals surface area (Å²) in [4.78, 5) is 0. The van der Waals surface area contributed by atoms with E-state index >= 15 is 0 Å². The largest absolute Gasteiger partial charge is 0.361 e. The third-order valence-corrected chi connectivity index (χ3v) is 4.73. The monoisotopic (exact) mass is 271 g/mol. The summed E-state index contributed by atoms with van der Waals surface area (Å²) in [5, 5.41) is 7.43. The fraction of sp³-hybridized carbons (Fsp3) is 0.727. The first-order chi connectivity index (χ1) is 8.54. The Hall–Kier alpha value is -0.920. The molecule has 3 rings (SSSR count). The molecule has 0 radical (unpaired) electrons. The van der Waals surface area contributed by atoms with Gasteiger partial charge in [0, 0.05) is 37.7 Å². The van der Waals surface area contributed by atoms with Crippen LogP contribution in [0.5, 0.6) is 0 Å². The van der Waals surface area contributed by atoms with E-state index in [0.29, 0.717) is 32.1 Å². The van der Waals surface area contributed by atoms with Crippen molar-refractivity contribution in [1.29, 1.82) is 0 Å². The molecule has 6 nitrogen and oxygen atoms in total. The van der Waals surface area contributed by atoms with E-state index < -0.39 is 10.0 Å². The van der Waals surface area contributed by atoms with Gasteiger partial charge in [0.25, 0.3) is 0 Å². The summed E-state index contributed by atoms with van der Waals surface area (Å²) in [7, 11) is -3.14. The van der Waals surface area contributed by atoms with Crippen molar-refractivity contribution >= 4 is 10.0 Å². The standard InChI is InChI=1S/C11H17N3O3S/c1-18(15,16)14-5-4-11-9(7-14)10(13-17-11)6-12-8-2-3-8/h8,12H,2-7H2,1H3. The number of fused-ring (bicyclic) bond motifs is 1. The zero-order valence-electron chi connectivity index (χ0n) is 10.3. The highest BCUT2D eigenvalue weighted by atomic mass is 32.2. The van der Waals surface area contributed by atoms with Gasteiger partial charge in [0.15, 0.2) is 0 Å². The van der Waals surface area contributed by atoms with Crippen LogP contribution in [0.4, 0.5) is 0 Å². The first kappa shape index (κ1) is 12.1. The van der Waals surface area contributed by atoms with Gasteiger partial charge >= 0.3 is 0 Å². The van der Waals surface area contributed by atoms with Gasteiger partial charge < -0.3 is 9.84 Å². The van der Waals surface area contributed by atoms with Gasteiger partial charge in [-0.2, -0.15) is 4.31 Å². The lowest BCUT2D eigenvalue weighted by molar-refractivity contribution is 0.331. The number of sulfonamides is 1. The zero-order chi connectivity index (χ0) is 12.8. The molecule has 7 heteroatoms. The zero-order valence-corrected chi connectivity index (χ0v) is 11.2. The number of nitrogens with one attached hydrogen (secondary N) is 1. The Labute approximate surface area is 106 Å². The predicted octanol–water partition coefficient (Wildman–Crippen LogP) is 0.244. The number of nitrogens with zero attached hydrogens (tertiary/aromatic N) is 2. The van der Waals surface area contributed by atoms with Crippen molar-refractivity contribution in [2.45, 2.75) is 38.4 Å². The van der Waals surface area contributed by atoms with Crippen LogP contribution in [0.15, 0.2) is 4.52 Å². The Morgan fingerprint density at radius 1 is 1.50 bits per heavy atom. The summed E-state index contributed by atoms with van der Waals surface area (Å²) in [5.74, 6) is 0.836. The molecular weight excluding hydrogens is 254 g/mol. The number of aromatic nitrogens is 1. The second kappa shape index (κ2) is 4.32. The molecule has 1 N–H and O–H groups in total. The molecule has 0 amide bonds. The van der Waals surface area contributed by atoms with Gasteiger partial charge in [-0.25, -0.2) is 8.42 Å². The molecule has 0 bridgehead atoms. The van der Waals surface area contributed by atoms with Gasteiger partial charge in [-0.3, -0.25) is 0 Å². The van der Waals surface area contributed by atoms with Crippen LogP contribution in [0.2, 0.25) is 0 Å². The van der Waals surface area contributed by atoms with E-state index in [-0.39, 0.29) is 0 Å². The molecule has 0 spiro atoms. The van der Waals surface area contributed by atoms with Crippen molar-refractivity contribution in [2.75, 3.05) is 12.8 Å². The van der Waals surface area contributed by atoms with Gasteiger partial charge in [-0.1, -0.05) is 5.16 Å². The first-order valence-corrected chi connectivity index (χ1v) is 8.03. The molecule has 0 aromatic carbocycles. The van der Waals surface area contributed by atoms with E-state index in [9.17, 15) is 8.42 Å². The normalized spacial score (nSPS) is 20.9. The maximum atomic E-state index is 11.6. The molecular formula is C11H17N3O3S. The Bertz CT molecular complexity index is 548. The van der Waals surface area contributed by atoms with E-state index in [0.717, 1.165) is 17.0 Å². The van der Waals surface area contributed by atoms with Crippen molar-refractivity contribution in [3.63, 3.8) is 0 Å². The molecule has 1 saturated carbocycles. The maximum absolute atomic E-state index is 11.6. The van der Waals surface area contributed by atoms with E-state index in [1.807, 2.05) is 0 Å². The van der Waals surface area contributed by atoms with E-state index in [2.05, 4.69) is 10.5 Å².